The van der Waals surface area contributed by atoms with E-state index in [-0.39, 0.29) is 0 Å². The van der Waals surface area contributed by atoms with Crippen LogP contribution in [0.15, 0.2) is 4.52 Å². The number of aromatic nitrogens is 3. The number of nitrogens with zero attached hydrogens (tertiary/aromatic N) is 3. The molecule has 0 amide bonds. The maximum atomic E-state index is 5.19. The quantitative estimate of drug-likeness (QED) is 0.897. The first kappa shape index (κ1) is 11.5. The van der Waals surface area contributed by atoms with Crippen LogP contribution in [0, 0.1) is 13.8 Å². The Hall–Kier alpha value is -1.56. The van der Waals surface area contributed by atoms with Crippen LogP contribution in [-0.4, -0.2) is 22.2 Å². The maximum absolute atomic E-state index is 5.19. The van der Waals surface area contributed by atoms with Gasteiger partial charge in [0.2, 0.25) is 0 Å². The molecule has 1 N–H and O–H groups in total. The number of hydrogen-bond acceptors (Lipinski definition) is 6. The van der Waals surface area contributed by atoms with Gasteiger partial charge in [-0.15, -0.1) is 0 Å². The SMILES string of the molecule is CNc1nc(-c2c(C)noc2C)nc2c1CSC2. The van der Waals surface area contributed by atoms with Gasteiger partial charge in [-0.25, -0.2) is 9.97 Å². The molecular weight excluding hydrogens is 248 g/mol. The zero-order valence-corrected chi connectivity index (χ0v) is 11.4. The highest BCUT2D eigenvalue weighted by atomic mass is 32.2. The van der Waals surface area contributed by atoms with E-state index in [2.05, 4.69) is 20.4 Å². The summed E-state index contributed by atoms with van der Waals surface area (Å²) < 4.78 is 5.19. The fourth-order valence-electron chi connectivity index (χ4n) is 2.17. The summed E-state index contributed by atoms with van der Waals surface area (Å²) in [6.07, 6.45) is 0. The molecule has 0 spiro atoms. The smallest absolute Gasteiger partial charge is 0.167 e. The second-order valence-electron chi connectivity index (χ2n) is 4.26. The Bertz CT molecular complexity index is 589. The van der Waals surface area contributed by atoms with Crippen LogP contribution in [0.25, 0.3) is 11.4 Å². The lowest BCUT2D eigenvalue weighted by Gasteiger charge is -2.08. The van der Waals surface area contributed by atoms with E-state index in [1.165, 1.54) is 5.56 Å². The number of thioether (sulfide) groups is 1. The first-order valence-corrected chi connectivity index (χ1v) is 6.94. The Morgan fingerprint density at radius 3 is 2.72 bits per heavy atom. The normalized spacial score (nSPS) is 13.7. The van der Waals surface area contributed by atoms with Crippen molar-refractivity contribution in [3.8, 4) is 11.4 Å². The molecule has 18 heavy (non-hydrogen) atoms. The summed E-state index contributed by atoms with van der Waals surface area (Å²) in [7, 11) is 1.89. The van der Waals surface area contributed by atoms with E-state index in [0.29, 0.717) is 5.82 Å². The van der Waals surface area contributed by atoms with Gasteiger partial charge in [-0.3, -0.25) is 0 Å². The summed E-state index contributed by atoms with van der Waals surface area (Å²) in [6, 6.07) is 0. The zero-order valence-electron chi connectivity index (χ0n) is 10.6. The minimum Gasteiger partial charge on any atom is -0.373 e. The van der Waals surface area contributed by atoms with Gasteiger partial charge < -0.3 is 9.84 Å². The molecule has 0 bridgehead atoms. The summed E-state index contributed by atoms with van der Waals surface area (Å²) in [6.45, 7) is 3.80. The predicted octanol–water partition coefficient (Wildman–Crippen LogP) is 2.54. The molecule has 0 saturated heterocycles. The van der Waals surface area contributed by atoms with Crippen molar-refractivity contribution in [1.29, 1.82) is 0 Å². The standard InChI is InChI=1S/C12H14N4OS/c1-6-10(7(2)17-16-6)12-14-9-5-18-4-8(9)11(13-3)15-12/h4-5H2,1-3H3,(H,13,14,15). The number of anilines is 1. The van der Waals surface area contributed by atoms with E-state index in [4.69, 9.17) is 4.52 Å². The van der Waals surface area contributed by atoms with Crippen molar-refractivity contribution >= 4 is 17.6 Å². The third-order valence-corrected chi connectivity index (χ3v) is 4.04. The molecule has 3 heterocycles. The largest absolute Gasteiger partial charge is 0.373 e. The second kappa shape index (κ2) is 4.28. The fraction of sp³-hybridized carbons (Fsp3) is 0.417. The molecule has 0 fully saturated rings. The number of rotatable bonds is 2. The average Bonchev–Trinajstić information content (AvgIpc) is 2.95. The van der Waals surface area contributed by atoms with Gasteiger partial charge >= 0.3 is 0 Å². The lowest BCUT2D eigenvalue weighted by Crippen LogP contribution is -2.04. The first-order valence-electron chi connectivity index (χ1n) is 5.79. The van der Waals surface area contributed by atoms with Crippen LogP contribution < -0.4 is 5.32 Å². The van der Waals surface area contributed by atoms with E-state index < -0.39 is 0 Å². The molecule has 3 rings (SSSR count). The topological polar surface area (TPSA) is 63.8 Å². The van der Waals surface area contributed by atoms with Gasteiger partial charge in [0.05, 0.1) is 17.0 Å². The molecule has 0 atom stereocenters. The van der Waals surface area contributed by atoms with E-state index in [0.717, 1.165) is 40.0 Å². The summed E-state index contributed by atoms with van der Waals surface area (Å²) in [4.78, 5) is 9.25. The third-order valence-electron chi connectivity index (χ3n) is 3.07. The zero-order chi connectivity index (χ0) is 12.7. The summed E-state index contributed by atoms with van der Waals surface area (Å²) in [5, 5.41) is 7.11. The minimum atomic E-state index is 0.705. The molecule has 5 nitrogen and oxygen atoms in total. The van der Waals surface area contributed by atoms with Crippen LogP contribution >= 0.6 is 11.8 Å². The monoisotopic (exact) mass is 262 g/mol. The minimum absolute atomic E-state index is 0.705. The number of nitrogens with one attached hydrogen (secondary N) is 1. The van der Waals surface area contributed by atoms with Crippen LogP contribution in [0.3, 0.4) is 0 Å². The summed E-state index contributed by atoms with van der Waals surface area (Å²) in [5.41, 5.74) is 4.08. The summed E-state index contributed by atoms with van der Waals surface area (Å²) >= 11 is 1.87. The predicted molar refractivity (Wildman–Crippen MR) is 71.5 cm³/mol. The number of hydrogen-bond donors (Lipinski definition) is 1. The van der Waals surface area contributed by atoms with Crippen molar-refractivity contribution < 1.29 is 4.52 Å². The van der Waals surface area contributed by atoms with Crippen molar-refractivity contribution in [1.82, 2.24) is 15.1 Å². The van der Waals surface area contributed by atoms with Gasteiger partial charge in [-0.05, 0) is 13.8 Å². The van der Waals surface area contributed by atoms with Crippen LogP contribution in [0.2, 0.25) is 0 Å². The van der Waals surface area contributed by atoms with Crippen molar-refractivity contribution in [2.24, 2.45) is 0 Å². The Balaban J connectivity index is 2.20. The highest BCUT2D eigenvalue weighted by Gasteiger charge is 2.22. The molecular formula is C12H14N4OS. The van der Waals surface area contributed by atoms with Gasteiger partial charge in [0.15, 0.2) is 5.82 Å². The Morgan fingerprint density at radius 1 is 1.22 bits per heavy atom. The van der Waals surface area contributed by atoms with Crippen LogP contribution in [0.5, 0.6) is 0 Å². The maximum Gasteiger partial charge on any atom is 0.167 e. The van der Waals surface area contributed by atoms with Crippen LogP contribution in [0.1, 0.15) is 22.7 Å². The molecule has 6 heteroatoms. The van der Waals surface area contributed by atoms with Crippen molar-refractivity contribution in [3.05, 3.63) is 22.7 Å². The first-order chi connectivity index (χ1) is 8.70. The molecule has 0 aliphatic carbocycles. The molecule has 2 aromatic heterocycles. The van der Waals surface area contributed by atoms with Crippen LogP contribution in [0.4, 0.5) is 5.82 Å². The van der Waals surface area contributed by atoms with E-state index in [1.54, 1.807) is 0 Å². The summed E-state index contributed by atoms with van der Waals surface area (Å²) in [5.74, 6) is 4.31. The van der Waals surface area contributed by atoms with Gasteiger partial charge in [-0.2, -0.15) is 11.8 Å². The third kappa shape index (κ3) is 1.68. The molecule has 2 aromatic rings. The van der Waals surface area contributed by atoms with Gasteiger partial charge in [0.25, 0.3) is 0 Å². The van der Waals surface area contributed by atoms with E-state index >= 15 is 0 Å². The van der Waals surface area contributed by atoms with Crippen molar-refractivity contribution in [2.75, 3.05) is 12.4 Å². The highest BCUT2D eigenvalue weighted by Crippen LogP contribution is 2.35. The fourth-order valence-corrected chi connectivity index (χ4v) is 3.21. The van der Waals surface area contributed by atoms with Gasteiger partial charge in [0.1, 0.15) is 11.6 Å². The van der Waals surface area contributed by atoms with E-state index in [9.17, 15) is 0 Å². The molecule has 1 aliphatic rings. The molecule has 94 valence electrons. The second-order valence-corrected chi connectivity index (χ2v) is 5.25. The Labute approximate surface area is 109 Å². The van der Waals surface area contributed by atoms with Gasteiger partial charge in [-0.1, -0.05) is 5.16 Å². The van der Waals surface area contributed by atoms with Crippen LogP contribution in [-0.2, 0) is 11.5 Å². The van der Waals surface area contributed by atoms with Crippen molar-refractivity contribution in [2.45, 2.75) is 25.4 Å². The molecule has 0 aromatic carbocycles. The lowest BCUT2D eigenvalue weighted by molar-refractivity contribution is 0.393. The molecule has 0 saturated carbocycles. The Kier molecular flexibility index (Phi) is 2.74. The average molecular weight is 262 g/mol. The molecule has 0 radical (unpaired) electrons. The van der Waals surface area contributed by atoms with Gasteiger partial charge in [0, 0.05) is 24.1 Å². The molecule has 1 aliphatic heterocycles. The van der Waals surface area contributed by atoms with E-state index in [1.807, 2.05) is 32.7 Å². The lowest BCUT2D eigenvalue weighted by atomic mass is 10.1. The van der Waals surface area contributed by atoms with Crippen molar-refractivity contribution in [3.63, 3.8) is 0 Å². The Morgan fingerprint density at radius 2 is 2.06 bits per heavy atom. The molecule has 0 unspecified atom stereocenters. The highest BCUT2D eigenvalue weighted by molar-refractivity contribution is 7.98. The number of aryl methyl sites for hydroxylation is 2. The number of fused-ring (bicyclic) bond motifs is 1.